The summed E-state index contributed by atoms with van der Waals surface area (Å²) in [5.41, 5.74) is 11.1. The first-order valence-electron chi connectivity index (χ1n) is 13.0. The molecule has 3 rings (SSSR count). The molecule has 0 aromatic heterocycles. The molecule has 1 nitrogen and oxygen atoms in total. The van der Waals surface area contributed by atoms with Crippen molar-refractivity contribution in [3.05, 3.63) is 93.1 Å². The summed E-state index contributed by atoms with van der Waals surface area (Å²) < 4.78 is 0. The summed E-state index contributed by atoms with van der Waals surface area (Å²) in [6, 6.07) is 13.2. The van der Waals surface area contributed by atoms with Crippen LogP contribution in [0.25, 0.3) is 0 Å². The van der Waals surface area contributed by atoms with Gasteiger partial charge >= 0.3 is 0 Å². The Morgan fingerprint density at radius 3 is 2.03 bits per heavy atom. The standard InChI is InChI=1S/C33H44O.CH4/c1-9-11-26(23(2)3)12-10-13-31(34)27-16-14-25(15-17-27)21-28-22-30-29(20-24(28)4)32(5,6)18-19-33(30,7)8;/h9,11,14-17,20,22H,10,12-13,18-19,21H2,1-8H3;1H4/b11-9-;. The highest BCUT2D eigenvalue weighted by Gasteiger charge is 2.37. The van der Waals surface area contributed by atoms with Crippen LogP contribution in [0.4, 0.5) is 0 Å². The summed E-state index contributed by atoms with van der Waals surface area (Å²) in [4.78, 5) is 12.7. The molecule has 0 radical (unpaired) electrons. The molecule has 1 heteroatoms. The Morgan fingerprint density at radius 1 is 0.914 bits per heavy atom. The van der Waals surface area contributed by atoms with E-state index >= 15 is 0 Å². The van der Waals surface area contributed by atoms with Crippen LogP contribution in [0.1, 0.15) is 126 Å². The summed E-state index contributed by atoms with van der Waals surface area (Å²) in [5.74, 6) is 0.245. The number of benzene rings is 2. The monoisotopic (exact) mass is 472 g/mol. The van der Waals surface area contributed by atoms with Gasteiger partial charge in [0, 0.05) is 12.0 Å². The van der Waals surface area contributed by atoms with Gasteiger partial charge < -0.3 is 0 Å². The van der Waals surface area contributed by atoms with Crippen LogP contribution in [-0.2, 0) is 17.3 Å². The fourth-order valence-electron chi connectivity index (χ4n) is 5.27. The van der Waals surface area contributed by atoms with Crippen LogP contribution >= 0.6 is 0 Å². The van der Waals surface area contributed by atoms with E-state index < -0.39 is 0 Å². The van der Waals surface area contributed by atoms with Crippen molar-refractivity contribution in [3.63, 3.8) is 0 Å². The van der Waals surface area contributed by atoms with Gasteiger partial charge in [0.25, 0.3) is 0 Å². The lowest BCUT2D eigenvalue weighted by Gasteiger charge is -2.42. The Balaban J connectivity index is 0.00000432. The molecule has 0 heterocycles. The predicted molar refractivity (Wildman–Crippen MR) is 154 cm³/mol. The molecule has 1 aliphatic rings. The van der Waals surface area contributed by atoms with Gasteiger partial charge in [-0.25, -0.2) is 0 Å². The van der Waals surface area contributed by atoms with Crippen molar-refractivity contribution in [2.45, 2.75) is 112 Å². The van der Waals surface area contributed by atoms with E-state index in [0.29, 0.717) is 6.42 Å². The third-order valence-electron chi connectivity index (χ3n) is 7.84. The first kappa shape index (κ1) is 28.8. The van der Waals surface area contributed by atoms with E-state index in [9.17, 15) is 4.79 Å². The minimum Gasteiger partial charge on any atom is -0.294 e. The molecule has 0 amide bonds. The normalized spacial score (nSPS) is 15.9. The summed E-state index contributed by atoms with van der Waals surface area (Å²) in [6.45, 7) is 18.1. The van der Waals surface area contributed by atoms with E-state index in [1.165, 1.54) is 51.8 Å². The SMILES string of the molecule is C.C/C=C\C(CCCC(=O)c1ccc(Cc2cc3c(cc2C)C(C)(C)CCC3(C)C)cc1)=C(C)C. The number of carbonyl (C=O) groups is 1. The van der Waals surface area contributed by atoms with Crippen molar-refractivity contribution in [1.82, 2.24) is 0 Å². The molecule has 190 valence electrons. The average molecular weight is 473 g/mol. The average Bonchev–Trinajstić information content (AvgIpc) is 2.77. The highest BCUT2D eigenvalue weighted by atomic mass is 16.1. The van der Waals surface area contributed by atoms with E-state index in [1.807, 2.05) is 19.1 Å². The highest BCUT2D eigenvalue weighted by molar-refractivity contribution is 5.96. The second kappa shape index (κ2) is 11.5. The van der Waals surface area contributed by atoms with Crippen LogP contribution in [0.3, 0.4) is 0 Å². The lowest BCUT2D eigenvalue weighted by atomic mass is 9.62. The van der Waals surface area contributed by atoms with Gasteiger partial charge in [0.2, 0.25) is 0 Å². The largest absolute Gasteiger partial charge is 0.294 e. The number of fused-ring (bicyclic) bond motifs is 1. The molecule has 2 aromatic carbocycles. The van der Waals surface area contributed by atoms with Gasteiger partial charge in [0.15, 0.2) is 5.78 Å². The van der Waals surface area contributed by atoms with Gasteiger partial charge in [-0.3, -0.25) is 4.79 Å². The number of aryl methyl sites for hydroxylation is 1. The topological polar surface area (TPSA) is 17.1 Å². The van der Waals surface area contributed by atoms with E-state index in [1.54, 1.807) is 0 Å². The van der Waals surface area contributed by atoms with Gasteiger partial charge in [0.1, 0.15) is 0 Å². The quantitative estimate of drug-likeness (QED) is 0.276. The number of rotatable bonds is 8. The first-order chi connectivity index (χ1) is 15.9. The number of hydrogen-bond donors (Lipinski definition) is 0. The second-order valence-corrected chi connectivity index (χ2v) is 11.8. The third-order valence-corrected chi connectivity index (χ3v) is 7.84. The minimum absolute atomic E-state index is 0. The smallest absolute Gasteiger partial charge is 0.162 e. The number of carbonyl (C=O) groups excluding carboxylic acids is 1. The van der Waals surface area contributed by atoms with E-state index in [2.05, 4.69) is 84.9 Å². The van der Waals surface area contributed by atoms with Gasteiger partial charge in [0.05, 0.1) is 0 Å². The lowest BCUT2D eigenvalue weighted by Crippen LogP contribution is -2.34. The molecule has 0 aliphatic heterocycles. The molecule has 2 aromatic rings. The van der Waals surface area contributed by atoms with E-state index in [-0.39, 0.29) is 24.0 Å². The Bertz CT molecular complexity index is 1090. The first-order valence-corrected chi connectivity index (χ1v) is 13.0. The summed E-state index contributed by atoms with van der Waals surface area (Å²) >= 11 is 0. The maximum Gasteiger partial charge on any atom is 0.162 e. The zero-order valence-corrected chi connectivity index (χ0v) is 22.8. The number of ketones is 1. The molecule has 0 atom stereocenters. The van der Waals surface area contributed by atoms with Gasteiger partial charge in [-0.1, -0.05) is 89.2 Å². The number of hydrogen-bond acceptors (Lipinski definition) is 1. The van der Waals surface area contributed by atoms with Gasteiger partial charge in [-0.2, -0.15) is 0 Å². The molecule has 0 N–H and O–H groups in total. The predicted octanol–water partition coefficient (Wildman–Crippen LogP) is 9.84. The van der Waals surface area contributed by atoms with Crippen molar-refractivity contribution in [1.29, 1.82) is 0 Å². The molecule has 0 saturated carbocycles. The van der Waals surface area contributed by atoms with E-state index in [4.69, 9.17) is 0 Å². The molecule has 0 unspecified atom stereocenters. The summed E-state index contributed by atoms with van der Waals surface area (Å²) in [6.07, 6.45) is 10.1. The zero-order valence-electron chi connectivity index (χ0n) is 22.8. The van der Waals surface area contributed by atoms with Crippen LogP contribution in [0.2, 0.25) is 0 Å². The minimum atomic E-state index is 0. The Morgan fingerprint density at radius 2 is 1.49 bits per heavy atom. The van der Waals surface area contributed by atoms with E-state index in [0.717, 1.165) is 24.8 Å². The molecule has 0 spiro atoms. The molecule has 0 saturated heterocycles. The second-order valence-electron chi connectivity index (χ2n) is 11.8. The molecular weight excluding hydrogens is 424 g/mol. The fraction of sp³-hybridized carbons (Fsp3) is 0.500. The zero-order chi connectivity index (χ0) is 25.1. The fourth-order valence-corrected chi connectivity index (χ4v) is 5.27. The lowest BCUT2D eigenvalue weighted by molar-refractivity contribution is 0.0980. The van der Waals surface area contributed by atoms with Crippen LogP contribution in [0, 0.1) is 6.92 Å². The molecule has 1 aliphatic carbocycles. The number of allylic oxidation sites excluding steroid dienone is 4. The Kier molecular flexibility index (Phi) is 9.51. The highest BCUT2D eigenvalue weighted by Crippen LogP contribution is 2.46. The van der Waals surface area contributed by atoms with Crippen molar-refractivity contribution in [2.24, 2.45) is 0 Å². The number of Topliss-reactive ketones (excluding diaryl/α,β-unsaturated/α-hetero) is 1. The van der Waals surface area contributed by atoms with Gasteiger partial charge in [-0.05, 0) is 104 Å². The van der Waals surface area contributed by atoms with Crippen LogP contribution in [0.5, 0.6) is 0 Å². The van der Waals surface area contributed by atoms with Gasteiger partial charge in [-0.15, -0.1) is 0 Å². The summed E-state index contributed by atoms with van der Waals surface area (Å²) in [7, 11) is 0. The third kappa shape index (κ3) is 6.84. The molecule has 0 bridgehead atoms. The van der Waals surface area contributed by atoms with Crippen LogP contribution < -0.4 is 0 Å². The Labute approximate surface area is 215 Å². The Hall–Kier alpha value is -2.41. The molecule has 35 heavy (non-hydrogen) atoms. The maximum absolute atomic E-state index is 12.7. The molecular formula is C34H48O. The van der Waals surface area contributed by atoms with Crippen molar-refractivity contribution >= 4 is 5.78 Å². The van der Waals surface area contributed by atoms with Crippen molar-refractivity contribution in [2.75, 3.05) is 0 Å². The van der Waals surface area contributed by atoms with Crippen molar-refractivity contribution in [3.8, 4) is 0 Å². The summed E-state index contributed by atoms with van der Waals surface area (Å²) in [5, 5.41) is 0. The maximum atomic E-state index is 12.7. The molecule has 0 fully saturated rings. The van der Waals surface area contributed by atoms with Crippen LogP contribution in [0.15, 0.2) is 59.7 Å². The van der Waals surface area contributed by atoms with Crippen LogP contribution in [-0.4, -0.2) is 5.78 Å². The van der Waals surface area contributed by atoms with Crippen molar-refractivity contribution < 1.29 is 4.79 Å².